The Hall–Kier alpha value is -4.48. The summed E-state index contributed by atoms with van der Waals surface area (Å²) in [6, 6.07) is 29.8. The highest BCUT2D eigenvalue weighted by Crippen LogP contribution is 2.33. The van der Waals surface area contributed by atoms with Crippen molar-refractivity contribution in [1.82, 2.24) is 0 Å². The molecule has 5 heteroatoms. The summed E-state index contributed by atoms with van der Waals surface area (Å²) in [4.78, 5) is 28.2. The topological polar surface area (TPSA) is 69.6 Å². The Labute approximate surface area is 253 Å². The molecule has 0 atom stereocenters. The second-order valence-corrected chi connectivity index (χ2v) is 11.9. The van der Waals surface area contributed by atoms with Crippen molar-refractivity contribution in [3.63, 3.8) is 0 Å². The van der Waals surface area contributed by atoms with Gasteiger partial charge in [-0.1, -0.05) is 42.0 Å². The molecule has 4 aromatic rings. The third-order valence-corrected chi connectivity index (χ3v) is 8.88. The molecule has 4 aromatic carbocycles. The number of nitrogens with zero attached hydrogens (tertiary/aromatic N) is 1. The molecule has 0 bridgehead atoms. The number of allylic oxidation sites excluding steroid dienone is 2. The first-order valence-electron chi connectivity index (χ1n) is 15.2. The fourth-order valence-electron chi connectivity index (χ4n) is 6.04. The van der Waals surface area contributed by atoms with Gasteiger partial charge in [0.1, 0.15) is 0 Å². The Morgan fingerprint density at radius 3 is 1.86 bits per heavy atom. The van der Waals surface area contributed by atoms with Crippen molar-refractivity contribution < 1.29 is 14.7 Å². The van der Waals surface area contributed by atoms with Crippen molar-refractivity contribution in [3.8, 4) is 0 Å². The lowest BCUT2D eigenvalue weighted by Gasteiger charge is -2.31. The largest absolute Gasteiger partial charge is 0.393 e. The van der Waals surface area contributed by atoms with E-state index in [-0.39, 0.29) is 17.7 Å². The molecule has 2 N–H and O–H groups in total. The van der Waals surface area contributed by atoms with E-state index < -0.39 is 0 Å². The SMILES string of the molecule is CC1=C(C)c2cc(C(=O)Cc3ccc(Nc4ccc(CC(=O)c5ccc(N6CCC(O)CC6)cc5)cc4)cc3)ccc2C1. The van der Waals surface area contributed by atoms with Gasteiger partial charge in [-0.2, -0.15) is 0 Å². The van der Waals surface area contributed by atoms with Gasteiger partial charge in [0.15, 0.2) is 11.6 Å². The van der Waals surface area contributed by atoms with Gasteiger partial charge >= 0.3 is 0 Å². The fraction of sp³-hybridized carbons (Fsp3) is 0.263. The Balaban J connectivity index is 1.01. The highest BCUT2D eigenvalue weighted by molar-refractivity contribution is 5.99. The lowest BCUT2D eigenvalue weighted by atomic mass is 9.97. The van der Waals surface area contributed by atoms with Gasteiger partial charge in [-0.3, -0.25) is 9.59 Å². The van der Waals surface area contributed by atoms with Crippen molar-refractivity contribution in [2.75, 3.05) is 23.3 Å². The summed E-state index contributed by atoms with van der Waals surface area (Å²) in [5.74, 6) is 0.220. The van der Waals surface area contributed by atoms with E-state index in [9.17, 15) is 14.7 Å². The number of hydrogen-bond acceptors (Lipinski definition) is 5. The molecule has 1 heterocycles. The Kier molecular flexibility index (Phi) is 8.26. The minimum absolute atomic E-state index is 0.0908. The van der Waals surface area contributed by atoms with Crippen LogP contribution in [-0.2, 0) is 19.3 Å². The summed E-state index contributed by atoms with van der Waals surface area (Å²) < 4.78 is 0. The molecule has 1 aliphatic heterocycles. The van der Waals surface area contributed by atoms with E-state index in [1.54, 1.807) is 0 Å². The molecule has 0 radical (unpaired) electrons. The summed E-state index contributed by atoms with van der Waals surface area (Å²) in [5, 5.41) is 13.1. The van der Waals surface area contributed by atoms with Gasteiger partial charge in [0.05, 0.1) is 6.10 Å². The quantitative estimate of drug-likeness (QED) is 0.203. The van der Waals surface area contributed by atoms with Crippen molar-refractivity contribution in [2.24, 2.45) is 0 Å². The van der Waals surface area contributed by atoms with Crippen LogP contribution in [-0.4, -0.2) is 35.9 Å². The number of nitrogens with one attached hydrogen (secondary N) is 1. The second-order valence-electron chi connectivity index (χ2n) is 11.9. The van der Waals surface area contributed by atoms with Gasteiger partial charge in [-0.05, 0) is 116 Å². The maximum Gasteiger partial charge on any atom is 0.167 e. The molecule has 0 aromatic heterocycles. The molecule has 1 aliphatic carbocycles. The summed E-state index contributed by atoms with van der Waals surface area (Å²) in [6.45, 7) is 5.98. The maximum absolute atomic E-state index is 13.0. The molecule has 0 amide bonds. The van der Waals surface area contributed by atoms with E-state index in [1.165, 1.54) is 22.3 Å². The Morgan fingerprint density at radius 2 is 1.28 bits per heavy atom. The number of aliphatic hydroxyl groups excluding tert-OH is 1. The van der Waals surface area contributed by atoms with Crippen molar-refractivity contribution in [3.05, 3.63) is 130 Å². The average Bonchev–Trinajstić information content (AvgIpc) is 3.31. The van der Waals surface area contributed by atoms with E-state index >= 15 is 0 Å². The first kappa shape index (κ1) is 28.6. The zero-order chi connectivity index (χ0) is 29.9. The number of carbonyl (C=O) groups excluding carboxylic acids is 2. The number of carbonyl (C=O) groups is 2. The minimum atomic E-state index is -0.200. The molecule has 218 valence electrons. The highest BCUT2D eigenvalue weighted by Gasteiger charge is 2.19. The number of aliphatic hydroxyl groups is 1. The van der Waals surface area contributed by atoms with E-state index in [0.29, 0.717) is 18.4 Å². The molecule has 2 aliphatic rings. The Bertz CT molecular complexity index is 1660. The maximum atomic E-state index is 13.0. The molecule has 5 nitrogen and oxygen atoms in total. The van der Waals surface area contributed by atoms with Crippen molar-refractivity contribution in [1.29, 1.82) is 0 Å². The monoisotopic (exact) mass is 570 g/mol. The molecule has 1 saturated heterocycles. The number of anilines is 3. The van der Waals surface area contributed by atoms with Crippen LogP contribution in [0.4, 0.5) is 17.1 Å². The van der Waals surface area contributed by atoms with Crippen LogP contribution >= 0.6 is 0 Å². The van der Waals surface area contributed by atoms with E-state index in [2.05, 4.69) is 36.2 Å². The number of hydrogen-bond donors (Lipinski definition) is 2. The molecular weight excluding hydrogens is 532 g/mol. The number of rotatable bonds is 9. The van der Waals surface area contributed by atoms with Gasteiger partial charge in [-0.25, -0.2) is 0 Å². The fourth-order valence-corrected chi connectivity index (χ4v) is 6.04. The molecule has 43 heavy (non-hydrogen) atoms. The van der Waals surface area contributed by atoms with Crippen LogP contribution in [0.5, 0.6) is 0 Å². The van der Waals surface area contributed by atoms with Crippen LogP contribution < -0.4 is 10.2 Å². The van der Waals surface area contributed by atoms with Crippen LogP contribution in [0.1, 0.15) is 69.7 Å². The first-order valence-corrected chi connectivity index (χ1v) is 15.2. The van der Waals surface area contributed by atoms with Gasteiger partial charge in [0, 0.05) is 54.1 Å². The summed E-state index contributed by atoms with van der Waals surface area (Å²) >= 11 is 0. The molecule has 1 fully saturated rings. The number of Topliss-reactive ketones (excluding diaryl/α,β-unsaturated/α-hetero) is 2. The predicted octanol–water partition coefficient (Wildman–Crippen LogP) is 7.59. The van der Waals surface area contributed by atoms with Crippen LogP contribution in [0, 0.1) is 0 Å². The minimum Gasteiger partial charge on any atom is -0.393 e. The number of benzene rings is 4. The van der Waals surface area contributed by atoms with E-state index in [0.717, 1.165) is 66.1 Å². The summed E-state index contributed by atoms with van der Waals surface area (Å²) in [6.07, 6.45) is 3.06. The van der Waals surface area contributed by atoms with Gasteiger partial charge in [0.2, 0.25) is 0 Å². The highest BCUT2D eigenvalue weighted by atomic mass is 16.3. The molecule has 0 spiro atoms. The van der Waals surface area contributed by atoms with Crippen LogP contribution in [0.15, 0.2) is 96.6 Å². The smallest absolute Gasteiger partial charge is 0.167 e. The lowest BCUT2D eigenvalue weighted by Crippen LogP contribution is -2.35. The lowest BCUT2D eigenvalue weighted by molar-refractivity contribution is 0.0984. The van der Waals surface area contributed by atoms with Crippen LogP contribution in [0.3, 0.4) is 0 Å². The van der Waals surface area contributed by atoms with Crippen molar-refractivity contribution in [2.45, 2.75) is 52.1 Å². The van der Waals surface area contributed by atoms with Gasteiger partial charge in [0.25, 0.3) is 0 Å². The predicted molar refractivity (Wildman–Crippen MR) is 175 cm³/mol. The van der Waals surface area contributed by atoms with Gasteiger partial charge < -0.3 is 15.3 Å². The summed E-state index contributed by atoms with van der Waals surface area (Å²) in [7, 11) is 0. The molecule has 6 rings (SSSR count). The second kappa shape index (κ2) is 12.4. The summed E-state index contributed by atoms with van der Waals surface area (Å²) in [5.41, 5.74) is 11.6. The third-order valence-electron chi connectivity index (χ3n) is 8.88. The Morgan fingerprint density at radius 1 is 0.744 bits per heavy atom. The molecular formula is C38H38N2O3. The van der Waals surface area contributed by atoms with Gasteiger partial charge in [-0.15, -0.1) is 0 Å². The van der Waals surface area contributed by atoms with Crippen molar-refractivity contribution >= 4 is 34.2 Å². The van der Waals surface area contributed by atoms with Crippen LogP contribution in [0.25, 0.3) is 5.57 Å². The standard InChI is InChI=1S/C38H38N2O3/c1-25-21-30-7-8-31(24-36(30)26(25)2)38(43)23-28-5-13-33(14-6-28)39-32-11-3-27(4-12-32)22-37(42)29-9-15-34(16-10-29)40-19-17-35(41)18-20-40/h3-16,24,35,39,41H,17-23H2,1-2H3. The zero-order valence-electron chi connectivity index (χ0n) is 24.9. The molecule has 0 unspecified atom stereocenters. The third kappa shape index (κ3) is 6.63. The molecule has 0 saturated carbocycles. The van der Waals surface area contributed by atoms with Crippen LogP contribution in [0.2, 0.25) is 0 Å². The number of ketones is 2. The first-order chi connectivity index (χ1) is 20.8. The number of fused-ring (bicyclic) bond motifs is 1. The zero-order valence-corrected chi connectivity index (χ0v) is 24.9. The van der Waals surface area contributed by atoms with E-state index in [4.69, 9.17) is 0 Å². The van der Waals surface area contributed by atoms with E-state index in [1.807, 2.05) is 78.9 Å². The average molecular weight is 571 g/mol. The normalized spacial score (nSPS) is 15.0. The number of piperidine rings is 1.